The van der Waals surface area contributed by atoms with E-state index >= 15 is 0 Å². The van der Waals surface area contributed by atoms with E-state index in [1.54, 1.807) is 20.8 Å². The molecule has 7 heteroatoms. The molecule has 0 aromatic carbocycles. The van der Waals surface area contributed by atoms with Crippen molar-refractivity contribution < 1.29 is 23.9 Å². The smallest absolute Gasteiger partial charge is 0.348 e. The summed E-state index contributed by atoms with van der Waals surface area (Å²) >= 11 is 1.04. The van der Waals surface area contributed by atoms with E-state index in [9.17, 15) is 14.4 Å². The number of hydrogen-bond donors (Lipinski definition) is 1. The van der Waals surface area contributed by atoms with E-state index in [2.05, 4.69) is 5.32 Å². The summed E-state index contributed by atoms with van der Waals surface area (Å²) in [4.78, 5) is 36.1. The predicted molar refractivity (Wildman–Crippen MR) is 84.5 cm³/mol. The number of carbonyl (C=O) groups is 3. The van der Waals surface area contributed by atoms with Crippen LogP contribution in [-0.4, -0.2) is 31.1 Å². The number of anilines is 1. The number of rotatable bonds is 7. The van der Waals surface area contributed by atoms with Crippen molar-refractivity contribution in [2.45, 2.75) is 40.5 Å². The van der Waals surface area contributed by atoms with E-state index in [0.29, 0.717) is 28.3 Å². The molecule has 0 aliphatic heterocycles. The summed E-state index contributed by atoms with van der Waals surface area (Å²) < 4.78 is 9.98. The largest absolute Gasteiger partial charge is 0.462 e. The van der Waals surface area contributed by atoms with Crippen molar-refractivity contribution in [2.24, 2.45) is 0 Å². The fraction of sp³-hybridized carbons (Fsp3) is 0.533. The fourth-order valence-electron chi connectivity index (χ4n) is 1.86. The maximum Gasteiger partial charge on any atom is 0.348 e. The first-order chi connectivity index (χ1) is 10.5. The third kappa shape index (κ3) is 4.30. The average Bonchev–Trinajstić information content (AvgIpc) is 2.76. The van der Waals surface area contributed by atoms with Crippen LogP contribution in [0.3, 0.4) is 0 Å². The van der Waals surface area contributed by atoms with Gasteiger partial charge in [0.25, 0.3) is 0 Å². The number of carbonyl (C=O) groups excluding carboxylic acids is 3. The van der Waals surface area contributed by atoms with Gasteiger partial charge in [0.05, 0.1) is 18.8 Å². The Bertz CT molecular complexity index is 565. The number of hydrogen-bond acceptors (Lipinski definition) is 6. The SMILES string of the molecule is CCCC(=O)Nc1sc(C(=O)OCC)c(C)c1C(=O)OCC. The average molecular weight is 327 g/mol. The standard InChI is InChI=1S/C15H21NO5S/c1-5-8-10(17)16-13-11(14(18)20-6-2)9(4)12(22-13)15(19)21-7-3/h5-8H2,1-4H3,(H,16,17). The summed E-state index contributed by atoms with van der Waals surface area (Å²) in [6.07, 6.45) is 1.03. The van der Waals surface area contributed by atoms with Crippen LogP contribution in [0.4, 0.5) is 5.00 Å². The molecular formula is C15H21NO5S. The van der Waals surface area contributed by atoms with Crippen molar-refractivity contribution in [1.82, 2.24) is 0 Å². The van der Waals surface area contributed by atoms with Crippen LogP contribution in [0, 0.1) is 6.92 Å². The minimum atomic E-state index is -0.557. The normalized spacial score (nSPS) is 10.2. The number of ether oxygens (including phenoxy) is 2. The van der Waals surface area contributed by atoms with Gasteiger partial charge in [-0.15, -0.1) is 11.3 Å². The second-order valence-electron chi connectivity index (χ2n) is 4.50. The van der Waals surface area contributed by atoms with Crippen LogP contribution in [0.2, 0.25) is 0 Å². The van der Waals surface area contributed by atoms with Gasteiger partial charge in [-0.2, -0.15) is 0 Å². The van der Waals surface area contributed by atoms with E-state index in [0.717, 1.165) is 11.3 Å². The molecule has 6 nitrogen and oxygen atoms in total. The molecule has 0 radical (unpaired) electrons. The number of thiophene rings is 1. The van der Waals surface area contributed by atoms with Crippen LogP contribution in [0.1, 0.15) is 59.2 Å². The summed E-state index contributed by atoms with van der Waals surface area (Å²) in [5, 5.41) is 3.01. The lowest BCUT2D eigenvalue weighted by molar-refractivity contribution is -0.116. The Morgan fingerprint density at radius 2 is 1.64 bits per heavy atom. The molecule has 0 aliphatic carbocycles. The Kier molecular flexibility index (Phi) is 7.04. The minimum absolute atomic E-state index is 0.204. The van der Waals surface area contributed by atoms with Gasteiger partial charge in [-0.1, -0.05) is 6.92 Å². The van der Waals surface area contributed by atoms with Gasteiger partial charge in [-0.05, 0) is 32.8 Å². The lowest BCUT2D eigenvalue weighted by Gasteiger charge is -2.06. The van der Waals surface area contributed by atoms with Gasteiger partial charge < -0.3 is 14.8 Å². The minimum Gasteiger partial charge on any atom is -0.462 e. The molecule has 1 aromatic heterocycles. The molecule has 1 amide bonds. The van der Waals surface area contributed by atoms with Gasteiger partial charge in [-0.25, -0.2) is 9.59 Å². The quantitative estimate of drug-likeness (QED) is 0.778. The zero-order valence-corrected chi connectivity index (χ0v) is 14.1. The molecule has 1 heterocycles. The first-order valence-corrected chi connectivity index (χ1v) is 8.05. The van der Waals surface area contributed by atoms with Crippen molar-refractivity contribution in [3.8, 4) is 0 Å². The zero-order chi connectivity index (χ0) is 16.7. The highest BCUT2D eigenvalue weighted by Crippen LogP contribution is 2.34. The molecule has 0 unspecified atom stereocenters. The van der Waals surface area contributed by atoms with Gasteiger partial charge in [0.1, 0.15) is 9.88 Å². The highest BCUT2D eigenvalue weighted by Gasteiger charge is 2.27. The third-order valence-corrected chi connectivity index (χ3v) is 4.00. The van der Waals surface area contributed by atoms with E-state index in [-0.39, 0.29) is 24.7 Å². The molecule has 0 saturated heterocycles. The van der Waals surface area contributed by atoms with Crippen LogP contribution in [0.25, 0.3) is 0 Å². The van der Waals surface area contributed by atoms with Crippen LogP contribution in [0.15, 0.2) is 0 Å². The Morgan fingerprint density at radius 3 is 2.18 bits per heavy atom. The molecule has 0 aliphatic rings. The molecular weight excluding hydrogens is 306 g/mol. The molecule has 1 aromatic rings. The summed E-state index contributed by atoms with van der Waals surface area (Å²) in [7, 11) is 0. The Labute approximate surface area is 133 Å². The van der Waals surface area contributed by atoms with Crippen molar-refractivity contribution in [1.29, 1.82) is 0 Å². The second-order valence-corrected chi connectivity index (χ2v) is 5.52. The fourth-order valence-corrected chi connectivity index (χ4v) is 2.96. The molecule has 0 fully saturated rings. The molecule has 1 rings (SSSR count). The number of nitrogens with one attached hydrogen (secondary N) is 1. The molecule has 22 heavy (non-hydrogen) atoms. The van der Waals surface area contributed by atoms with Crippen LogP contribution >= 0.6 is 11.3 Å². The number of amides is 1. The third-order valence-electron chi connectivity index (χ3n) is 2.82. The van der Waals surface area contributed by atoms with Crippen molar-refractivity contribution >= 4 is 34.2 Å². The Balaban J connectivity index is 3.21. The van der Waals surface area contributed by atoms with Crippen LogP contribution < -0.4 is 5.32 Å². The van der Waals surface area contributed by atoms with Gasteiger partial charge in [0.15, 0.2) is 0 Å². The van der Waals surface area contributed by atoms with Crippen molar-refractivity contribution in [3.05, 3.63) is 16.0 Å². The lowest BCUT2D eigenvalue weighted by atomic mass is 10.1. The Morgan fingerprint density at radius 1 is 1.05 bits per heavy atom. The maximum absolute atomic E-state index is 12.1. The van der Waals surface area contributed by atoms with Crippen LogP contribution in [0.5, 0.6) is 0 Å². The molecule has 0 spiro atoms. The molecule has 122 valence electrons. The van der Waals surface area contributed by atoms with E-state index in [1.807, 2.05) is 6.92 Å². The summed E-state index contributed by atoms with van der Waals surface area (Å²) in [5.41, 5.74) is 0.688. The molecule has 0 bridgehead atoms. The van der Waals surface area contributed by atoms with Crippen LogP contribution in [-0.2, 0) is 14.3 Å². The predicted octanol–water partition coefficient (Wildman–Crippen LogP) is 3.15. The van der Waals surface area contributed by atoms with Gasteiger partial charge in [0, 0.05) is 6.42 Å². The van der Waals surface area contributed by atoms with E-state index in [1.165, 1.54) is 0 Å². The van der Waals surface area contributed by atoms with Gasteiger partial charge >= 0.3 is 11.9 Å². The zero-order valence-electron chi connectivity index (χ0n) is 13.3. The van der Waals surface area contributed by atoms with E-state index < -0.39 is 11.9 Å². The monoisotopic (exact) mass is 327 g/mol. The van der Waals surface area contributed by atoms with Gasteiger partial charge in [-0.3, -0.25) is 4.79 Å². The molecule has 0 atom stereocenters. The summed E-state index contributed by atoms with van der Waals surface area (Å²) in [6.45, 7) is 7.38. The van der Waals surface area contributed by atoms with Crippen molar-refractivity contribution in [2.75, 3.05) is 18.5 Å². The maximum atomic E-state index is 12.1. The molecule has 0 saturated carbocycles. The summed E-state index contributed by atoms with van der Waals surface area (Å²) in [5.74, 6) is -1.27. The highest BCUT2D eigenvalue weighted by molar-refractivity contribution is 7.18. The molecule has 1 N–H and O–H groups in total. The van der Waals surface area contributed by atoms with Crippen molar-refractivity contribution in [3.63, 3.8) is 0 Å². The van der Waals surface area contributed by atoms with Gasteiger partial charge in [0.2, 0.25) is 5.91 Å². The first kappa shape index (κ1) is 18.2. The topological polar surface area (TPSA) is 81.7 Å². The summed E-state index contributed by atoms with van der Waals surface area (Å²) in [6, 6.07) is 0. The second kappa shape index (κ2) is 8.53. The Hall–Kier alpha value is -1.89. The lowest BCUT2D eigenvalue weighted by Crippen LogP contribution is -2.14. The van der Waals surface area contributed by atoms with E-state index in [4.69, 9.17) is 9.47 Å². The number of esters is 2. The highest BCUT2D eigenvalue weighted by atomic mass is 32.1. The first-order valence-electron chi connectivity index (χ1n) is 7.23.